The zero-order valence-corrected chi connectivity index (χ0v) is 15.2. The van der Waals surface area contributed by atoms with Crippen LogP contribution in [0.5, 0.6) is 0 Å². The molecule has 3 N–H and O–H groups in total. The van der Waals surface area contributed by atoms with Gasteiger partial charge in [0.1, 0.15) is 5.82 Å². The molecule has 0 aliphatic heterocycles. The average molecular weight is 339 g/mol. The fourth-order valence-electron chi connectivity index (χ4n) is 2.95. The third-order valence-corrected chi connectivity index (χ3v) is 4.50. The molecule has 1 aromatic carbocycles. The molecule has 132 valence electrons. The topological polar surface area (TPSA) is 82.9 Å². The van der Waals surface area contributed by atoms with Crippen molar-refractivity contribution < 1.29 is 0 Å². The van der Waals surface area contributed by atoms with E-state index >= 15 is 0 Å². The predicted molar refractivity (Wildman–Crippen MR) is 101 cm³/mol. The van der Waals surface area contributed by atoms with Gasteiger partial charge >= 0.3 is 0 Å². The molecule has 0 aliphatic carbocycles. The summed E-state index contributed by atoms with van der Waals surface area (Å²) in [7, 11) is 3.73. The Morgan fingerprint density at radius 3 is 2.80 bits per heavy atom. The van der Waals surface area contributed by atoms with Crippen LogP contribution in [0.2, 0.25) is 0 Å². The molecule has 7 nitrogen and oxygen atoms in total. The van der Waals surface area contributed by atoms with E-state index in [9.17, 15) is 0 Å². The molecular formula is C18H25N7. The quantitative estimate of drug-likeness (QED) is 0.489. The van der Waals surface area contributed by atoms with Crippen LogP contribution in [-0.2, 0) is 20.0 Å². The van der Waals surface area contributed by atoms with Crippen LogP contribution >= 0.6 is 0 Å². The summed E-state index contributed by atoms with van der Waals surface area (Å²) >= 11 is 0. The molecule has 0 radical (unpaired) electrons. The number of hydrogen-bond donors (Lipinski definition) is 3. The first-order valence-electron chi connectivity index (χ1n) is 8.45. The maximum atomic E-state index is 4.27. The number of benzene rings is 1. The lowest BCUT2D eigenvalue weighted by Crippen LogP contribution is -2.38. The van der Waals surface area contributed by atoms with Gasteiger partial charge in [0.05, 0.1) is 6.54 Å². The predicted octanol–water partition coefficient (Wildman–Crippen LogP) is 1.82. The number of aromatic amines is 1. The van der Waals surface area contributed by atoms with Crippen molar-refractivity contribution in [2.75, 3.05) is 13.6 Å². The van der Waals surface area contributed by atoms with Crippen LogP contribution in [0.15, 0.2) is 29.4 Å². The highest BCUT2D eigenvalue weighted by atomic mass is 15.3. The molecule has 25 heavy (non-hydrogen) atoms. The Labute approximate surface area is 147 Å². The lowest BCUT2D eigenvalue weighted by molar-refractivity contribution is 0.716. The SMILES string of the molecule is CN=C(NCCc1c[nH]c2cccc(C)c12)NCc1nnc(C)n1C. The molecule has 2 aromatic heterocycles. The van der Waals surface area contributed by atoms with E-state index in [1.807, 2.05) is 18.5 Å². The highest BCUT2D eigenvalue weighted by Gasteiger charge is 2.08. The number of H-pyrrole nitrogens is 1. The normalized spacial score (nSPS) is 11.9. The number of fused-ring (bicyclic) bond motifs is 1. The van der Waals surface area contributed by atoms with Crippen molar-refractivity contribution in [1.82, 2.24) is 30.4 Å². The van der Waals surface area contributed by atoms with Crippen LogP contribution in [0.25, 0.3) is 10.9 Å². The van der Waals surface area contributed by atoms with Gasteiger partial charge in [-0.3, -0.25) is 4.99 Å². The van der Waals surface area contributed by atoms with E-state index in [2.05, 4.69) is 62.1 Å². The minimum absolute atomic E-state index is 0.587. The van der Waals surface area contributed by atoms with E-state index in [4.69, 9.17) is 0 Å². The Morgan fingerprint density at radius 2 is 2.08 bits per heavy atom. The van der Waals surface area contributed by atoms with Crippen molar-refractivity contribution in [3.63, 3.8) is 0 Å². The van der Waals surface area contributed by atoms with Crippen LogP contribution < -0.4 is 10.6 Å². The molecular weight excluding hydrogens is 314 g/mol. The lowest BCUT2D eigenvalue weighted by Gasteiger charge is -2.11. The maximum absolute atomic E-state index is 4.27. The molecule has 2 heterocycles. The third kappa shape index (κ3) is 3.65. The molecule has 0 atom stereocenters. The van der Waals surface area contributed by atoms with Crippen LogP contribution in [-0.4, -0.2) is 39.3 Å². The Hall–Kier alpha value is -2.83. The summed E-state index contributed by atoms with van der Waals surface area (Å²) in [6, 6.07) is 6.34. The van der Waals surface area contributed by atoms with E-state index < -0.39 is 0 Å². The van der Waals surface area contributed by atoms with Crippen molar-refractivity contribution in [1.29, 1.82) is 0 Å². The molecule has 0 saturated carbocycles. The Morgan fingerprint density at radius 1 is 1.24 bits per heavy atom. The summed E-state index contributed by atoms with van der Waals surface area (Å²) in [5.41, 5.74) is 3.81. The summed E-state index contributed by atoms with van der Waals surface area (Å²) in [6.45, 7) is 5.48. The first kappa shape index (κ1) is 17.0. The van der Waals surface area contributed by atoms with Gasteiger partial charge in [0, 0.05) is 37.7 Å². The van der Waals surface area contributed by atoms with Crippen molar-refractivity contribution in [2.24, 2.45) is 12.0 Å². The van der Waals surface area contributed by atoms with E-state index in [0.717, 1.165) is 30.6 Å². The van der Waals surface area contributed by atoms with Gasteiger partial charge in [-0.15, -0.1) is 10.2 Å². The fourth-order valence-corrected chi connectivity index (χ4v) is 2.95. The molecule has 0 spiro atoms. The third-order valence-electron chi connectivity index (χ3n) is 4.50. The molecule has 0 unspecified atom stereocenters. The van der Waals surface area contributed by atoms with Crippen LogP contribution in [0.1, 0.15) is 22.8 Å². The van der Waals surface area contributed by atoms with Crippen LogP contribution in [0, 0.1) is 13.8 Å². The zero-order chi connectivity index (χ0) is 17.8. The van der Waals surface area contributed by atoms with Gasteiger partial charge in [-0.25, -0.2) is 0 Å². The molecule has 0 aliphatic rings. The Bertz CT molecular complexity index is 888. The van der Waals surface area contributed by atoms with Crippen molar-refractivity contribution in [3.8, 4) is 0 Å². The van der Waals surface area contributed by atoms with Crippen molar-refractivity contribution in [2.45, 2.75) is 26.8 Å². The average Bonchev–Trinajstić information content (AvgIpc) is 3.16. The molecule has 0 bridgehead atoms. The number of nitrogens with zero attached hydrogens (tertiary/aromatic N) is 4. The van der Waals surface area contributed by atoms with E-state index in [1.54, 1.807) is 7.05 Å². The largest absolute Gasteiger partial charge is 0.361 e. The van der Waals surface area contributed by atoms with Crippen LogP contribution in [0.4, 0.5) is 0 Å². The zero-order valence-electron chi connectivity index (χ0n) is 15.2. The van der Waals surface area contributed by atoms with Crippen molar-refractivity contribution in [3.05, 3.63) is 47.2 Å². The van der Waals surface area contributed by atoms with Gasteiger partial charge in [0.15, 0.2) is 11.8 Å². The first-order valence-corrected chi connectivity index (χ1v) is 8.45. The maximum Gasteiger partial charge on any atom is 0.191 e. The second-order valence-corrected chi connectivity index (χ2v) is 6.14. The van der Waals surface area contributed by atoms with E-state index in [-0.39, 0.29) is 0 Å². The number of guanidine groups is 1. The summed E-state index contributed by atoms with van der Waals surface area (Å²) in [6.07, 6.45) is 3.02. The second-order valence-electron chi connectivity index (χ2n) is 6.14. The number of nitrogens with one attached hydrogen (secondary N) is 3. The summed E-state index contributed by atoms with van der Waals surface area (Å²) in [5, 5.41) is 16.2. The van der Waals surface area contributed by atoms with Crippen molar-refractivity contribution >= 4 is 16.9 Å². The Balaban J connectivity index is 1.55. The highest BCUT2D eigenvalue weighted by Crippen LogP contribution is 2.22. The molecule has 3 aromatic rings. The smallest absolute Gasteiger partial charge is 0.191 e. The molecule has 3 rings (SSSR count). The summed E-state index contributed by atoms with van der Waals surface area (Å²) in [5.74, 6) is 2.54. The number of aliphatic imine (C=N–C) groups is 1. The molecule has 7 heteroatoms. The molecule has 0 saturated heterocycles. The van der Waals surface area contributed by atoms with Gasteiger partial charge in [-0.2, -0.15) is 0 Å². The standard InChI is InChI=1S/C18H25N7/c1-12-6-5-7-15-17(12)14(10-21-15)8-9-20-18(19-3)22-11-16-24-23-13(2)25(16)4/h5-7,10,21H,8-9,11H2,1-4H3,(H2,19,20,22). The van der Waals surface area contributed by atoms with Gasteiger partial charge in [-0.1, -0.05) is 12.1 Å². The van der Waals surface area contributed by atoms with Gasteiger partial charge in [0.25, 0.3) is 0 Å². The minimum atomic E-state index is 0.587. The molecule has 0 amide bonds. The van der Waals surface area contributed by atoms with Gasteiger partial charge < -0.3 is 20.2 Å². The summed E-state index contributed by atoms with van der Waals surface area (Å²) in [4.78, 5) is 7.61. The van der Waals surface area contributed by atoms with E-state index in [0.29, 0.717) is 6.54 Å². The number of rotatable bonds is 5. The summed E-state index contributed by atoms with van der Waals surface area (Å²) < 4.78 is 1.97. The lowest BCUT2D eigenvalue weighted by atomic mass is 10.1. The first-order chi connectivity index (χ1) is 12.1. The fraction of sp³-hybridized carbons (Fsp3) is 0.389. The number of aryl methyl sites for hydroxylation is 2. The monoisotopic (exact) mass is 339 g/mol. The Kier molecular flexibility index (Phi) is 5.02. The van der Waals surface area contributed by atoms with E-state index in [1.165, 1.54) is 22.0 Å². The second kappa shape index (κ2) is 7.38. The van der Waals surface area contributed by atoms with Gasteiger partial charge in [-0.05, 0) is 37.5 Å². The molecule has 0 fully saturated rings. The number of aromatic nitrogens is 4. The highest BCUT2D eigenvalue weighted by molar-refractivity contribution is 5.86. The van der Waals surface area contributed by atoms with Crippen LogP contribution in [0.3, 0.4) is 0 Å². The minimum Gasteiger partial charge on any atom is -0.361 e. The van der Waals surface area contributed by atoms with Gasteiger partial charge in [0.2, 0.25) is 0 Å². The number of hydrogen-bond acceptors (Lipinski definition) is 3.